The van der Waals surface area contributed by atoms with Crippen LogP contribution in [-0.4, -0.2) is 6.54 Å². The Bertz CT molecular complexity index is 417. The lowest BCUT2D eigenvalue weighted by Gasteiger charge is -2.04. The Morgan fingerprint density at radius 3 is 2.92 bits per heavy atom. The first-order valence-corrected chi connectivity index (χ1v) is 4.48. The standard InChI is InChI=1S/C11H13NO/c1-8-9(4-6-12)2-3-11-10(8)5-7-13-11/h2-3,5,7H,4,6,12H2,1H3. The summed E-state index contributed by atoms with van der Waals surface area (Å²) in [5, 5.41) is 1.20. The molecule has 0 spiro atoms. The maximum Gasteiger partial charge on any atom is 0.134 e. The van der Waals surface area contributed by atoms with Crippen LogP contribution < -0.4 is 5.73 Å². The predicted molar refractivity (Wildman–Crippen MR) is 53.7 cm³/mol. The van der Waals surface area contributed by atoms with E-state index in [0.29, 0.717) is 6.54 Å². The molecule has 0 aliphatic heterocycles. The molecule has 13 heavy (non-hydrogen) atoms. The monoisotopic (exact) mass is 175 g/mol. The molecule has 2 nitrogen and oxygen atoms in total. The van der Waals surface area contributed by atoms with Crippen molar-refractivity contribution >= 4 is 11.0 Å². The molecule has 0 fully saturated rings. The molecule has 2 heteroatoms. The number of furan rings is 1. The lowest BCUT2D eigenvalue weighted by Crippen LogP contribution is -2.03. The summed E-state index contributed by atoms with van der Waals surface area (Å²) >= 11 is 0. The van der Waals surface area contributed by atoms with E-state index >= 15 is 0 Å². The molecule has 0 saturated heterocycles. The van der Waals surface area contributed by atoms with Crippen molar-refractivity contribution in [3.05, 3.63) is 35.6 Å². The highest BCUT2D eigenvalue weighted by molar-refractivity contribution is 5.81. The number of benzene rings is 1. The number of fused-ring (bicyclic) bond motifs is 1. The van der Waals surface area contributed by atoms with Gasteiger partial charge in [-0.1, -0.05) is 6.07 Å². The summed E-state index contributed by atoms with van der Waals surface area (Å²) in [6.45, 7) is 2.81. The first-order chi connectivity index (χ1) is 6.33. The number of aryl methyl sites for hydroxylation is 1. The van der Waals surface area contributed by atoms with Gasteiger partial charge in [0.15, 0.2) is 0 Å². The van der Waals surface area contributed by atoms with Gasteiger partial charge >= 0.3 is 0 Å². The van der Waals surface area contributed by atoms with Gasteiger partial charge in [0.05, 0.1) is 6.26 Å². The highest BCUT2D eigenvalue weighted by atomic mass is 16.3. The second kappa shape index (κ2) is 3.23. The van der Waals surface area contributed by atoms with Gasteiger partial charge in [-0.15, -0.1) is 0 Å². The van der Waals surface area contributed by atoms with Crippen LogP contribution >= 0.6 is 0 Å². The van der Waals surface area contributed by atoms with Crippen LogP contribution in [0.2, 0.25) is 0 Å². The van der Waals surface area contributed by atoms with Crippen LogP contribution in [-0.2, 0) is 6.42 Å². The van der Waals surface area contributed by atoms with Gasteiger partial charge in [0.2, 0.25) is 0 Å². The van der Waals surface area contributed by atoms with Crippen LogP contribution in [0.3, 0.4) is 0 Å². The van der Waals surface area contributed by atoms with Crippen molar-refractivity contribution in [2.24, 2.45) is 5.73 Å². The van der Waals surface area contributed by atoms with E-state index < -0.39 is 0 Å². The lowest BCUT2D eigenvalue weighted by atomic mass is 10.0. The van der Waals surface area contributed by atoms with Gasteiger partial charge in [-0.25, -0.2) is 0 Å². The molecular formula is C11H13NO. The molecule has 1 aromatic carbocycles. The summed E-state index contributed by atoms with van der Waals surface area (Å²) in [5.74, 6) is 0. The fourth-order valence-electron chi connectivity index (χ4n) is 1.66. The second-order valence-corrected chi connectivity index (χ2v) is 3.22. The average Bonchev–Trinajstić information content (AvgIpc) is 2.58. The zero-order valence-corrected chi connectivity index (χ0v) is 7.71. The van der Waals surface area contributed by atoms with Crippen LogP contribution in [0.15, 0.2) is 28.9 Å². The smallest absolute Gasteiger partial charge is 0.134 e. The van der Waals surface area contributed by atoms with E-state index in [0.717, 1.165) is 12.0 Å². The summed E-state index contributed by atoms with van der Waals surface area (Å²) in [4.78, 5) is 0. The van der Waals surface area contributed by atoms with Gasteiger partial charge in [-0.05, 0) is 43.1 Å². The maximum absolute atomic E-state index is 5.53. The minimum Gasteiger partial charge on any atom is -0.464 e. The van der Waals surface area contributed by atoms with Crippen LogP contribution in [0.1, 0.15) is 11.1 Å². The Morgan fingerprint density at radius 2 is 2.15 bits per heavy atom. The van der Waals surface area contributed by atoms with E-state index in [2.05, 4.69) is 13.0 Å². The number of hydrogen-bond donors (Lipinski definition) is 1. The van der Waals surface area contributed by atoms with Crippen molar-refractivity contribution in [2.45, 2.75) is 13.3 Å². The first-order valence-electron chi connectivity index (χ1n) is 4.48. The lowest BCUT2D eigenvalue weighted by molar-refractivity contribution is 0.615. The minimum absolute atomic E-state index is 0.699. The number of hydrogen-bond acceptors (Lipinski definition) is 2. The van der Waals surface area contributed by atoms with Gasteiger partial charge < -0.3 is 10.2 Å². The summed E-state index contributed by atoms with van der Waals surface area (Å²) < 4.78 is 5.30. The van der Waals surface area contributed by atoms with E-state index in [1.165, 1.54) is 16.5 Å². The van der Waals surface area contributed by atoms with E-state index in [-0.39, 0.29) is 0 Å². The Hall–Kier alpha value is -1.28. The highest BCUT2D eigenvalue weighted by Crippen LogP contribution is 2.22. The highest BCUT2D eigenvalue weighted by Gasteiger charge is 2.04. The van der Waals surface area contributed by atoms with Crippen molar-refractivity contribution in [1.82, 2.24) is 0 Å². The van der Waals surface area contributed by atoms with Gasteiger partial charge in [0.1, 0.15) is 5.58 Å². The molecule has 0 bridgehead atoms. The summed E-state index contributed by atoms with van der Waals surface area (Å²) in [6, 6.07) is 6.10. The van der Waals surface area contributed by atoms with Gasteiger partial charge in [0.25, 0.3) is 0 Å². The number of rotatable bonds is 2. The van der Waals surface area contributed by atoms with Gasteiger partial charge in [-0.3, -0.25) is 0 Å². The van der Waals surface area contributed by atoms with Crippen molar-refractivity contribution in [3.8, 4) is 0 Å². The zero-order valence-electron chi connectivity index (χ0n) is 7.71. The van der Waals surface area contributed by atoms with E-state index in [1.807, 2.05) is 12.1 Å². The molecule has 0 saturated carbocycles. The molecule has 68 valence electrons. The Kier molecular flexibility index (Phi) is 2.07. The summed E-state index contributed by atoms with van der Waals surface area (Å²) in [6.07, 6.45) is 2.66. The normalized spacial score (nSPS) is 10.9. The first kappa shape index (κ1) is 8.32. The third kappa shape index (κ3) is 1.33. The molecule has 0 aliphatic rings. The molecule has 0 atom stereocenters. The average molecular weight is 175 g/mol. The fraction of sp³-hybridized carbons (Fsp3) is 0.273. The molecule has 2 N–H and O–H groups in total. The third-order valence-electron chi connectivity index (χ3n) is 2.43. The molecule has 1 aromatic heterocycles. The van der Waals surface area contributed by atoms with Crippen molar-refractivity contribution in [2.75, 3.05) is 6.54 Å². The molecule has 0 unspecified atom stereocenters. The quantitative estimate of drug-likeness (QED) is 0.760. The molecule has 1 heterocycles. The zero-order chi connectivity index (χ0) is 9.26. The van der Waals surface area contributed by atoms with Crippen molar-refractivity contribution < 1.29 is 4.42 Å². The molecule has 2 rings (SSSR count). The SMILES string of the molecule is Cc1c(CCN)ccc2occc12. The van der Waals surface area contributed by atoms with Crippen LogP contribution in [0.4, 0.5) is 0 Å². The molecule has 0 amide bonds. The van der Waals surface area contributed by atoms with Gasteiger partial charge in [0, 0.05) is 5.39 Å². The molecule has 0 radical (unpaired) electrons. The number of nitrogens with two attached hydrogens (primary N) is 1. The Balaban J connectivity index is 2.59. The minimum atomic E-state index is 0.699. The fourth-order valence-corrected chi connectivity index (χ4v) is 1.66. The van der Waals surface area contributed by atoms with Crippen molar-refractivity contribution in [3.63, 3.8) is 0 Å². The van der Waals surface area contributed by atoms with E-state index in [9.17, 15) is 0 Å². The largest absolute Gasteiger partial charge is 0.464 e. The van der Waals surface area contributed by atoms with Crippen LogP contribution in [0.25, 0.3) is 11.0 Å². The predicted octanol–water partition coefficient (Wildman–Crippen LogP) is 2.24. The third-order valence-corrected chi connectivity index (χ3v) is 2.43. The summed E-state index contributed by atoms with van der Waals surface area (Å²) in [7, 11) is 0. The van der Waals surface area contributed by atoms with E-state index in [1.54, 1.807) is 6.26 Å². The molecule has 0 aliphatic carbocycles. The topological polar surface area (TPSA) is 39.2 Å². The maximum atomic E-state index is 5.53. The van der Waals surface area contributed by atoms with Gasteiger partial charge in [-0.2, -0.15) is 0 Å². The second-order valence-electron chi connectivity index (χ2n) is 3.22. The van der Waals surface area contributed by atoms with Crippen LogP contribution in [0.5, 0.6) is 0 Å². The van der Waals surface area contributed by atoms with Crippen LogP contribution in [0, 0.1) is 6.92 Å². The molecule has 2 aromatic rings. The van der Waals surface area contributed by atoms with Crippen molar-refractivity contribution in [1.29, 1.82) is 0 Å². The van der Waals surface area contributed by atoms with E-state index in [4.69, 9.17) is 10.2 Å². The Morgan fingerprint density at radius 1 is 1.31 bits per heavy atom. The molecular weight excluding hydrogens is 162 g/mol. The Labute approximate surface area is 77.3 Å². The summed E-state index contributed by atoms with van der Waals surface area (Å²) in [5.41, 5.74) is 9.09.